The standard InChI is InChI=1S/C11H18N4O5S/c1-8-13-9(20-14-8)6-12-10(16)11(2)7-15(4-5-19-11)21(3,17)18/h4-7H2,1-3H3,(H,12,16). The SMILES string of the molecule is Cc1noc(CNC(=O)C2(C)CN(S(C)(=O)=O)CCO2)n1. The third-order valence-corrected chi connectivity index (χ3v) is 4.41. The number of sulfonamides is 1. The molecule has 1 aliphatic rings. The molecule has 0 saturated carbocycles. The van der Waals surface area contributed by atoms with Crippen molar-refractivity contribution in [1.82, 2.24) is 19.8 Å². The normalized spacial score (nSPS) is 24.0. The van der Waals surface area contributed by atoms with Crippen LogP contribution in [0.15, 0.2) is 4.52 Å². The van der Waals surface area contributed by atoms with Gasteiger partial charge >= 0.3 is 0 Å². The summed E-state index contributed by atoms with van der Waals surface area (Å²) in [5, 5.41) is 6.23. The van der Waals surface area contributed by atoms with Crippen LogP contribution < -0.4 is 5.32 Å². The van der Waals surface area contributed by atoms with E-state index in [9.17, 15) is 13.2 Å². The van der Waals surface area contributed by atoms with Crippen molar-refractivity contribution in [1.29, 1.82) is 0 Å². The summed E-state index contributed by atoms with van der Waals surface area (Å²) in [5.74, 6) is 0.328. The molecule has 10 heteroatoms. The van der Waals surface area contributed by atoms with Gasteiger partial charge in [-0.3, -0.25) is 4.79 Å². The highest BCUT2D eigenvalue weighted by atomic mass is 32.2. The highest BCUT2D eigenvalue weighted by Crippen LogP contribution is 2.20. The first-order valence-corrected chi connectivity index (χ1v) is 8.22. The van der Waals surface area contributed by atoms with Crippen LogP contribution in [0.2, 0.25) is 0 Å². The van der Waals surface area contributed by atoms with Gasteiger partial charge in [-0.2, -0.15) is 9.29 Å². The summed E-state index contributed by atoms with van der Waals surface area (Å²) in [6.45, 7) is 3.67. The Morgan fingerprint density at radius 3 is 2.81 bits per heavy atom. The van der Waals surface area contributed by atoms with Gasteiger partial charge in [0.15, 0.2) is 11.4 Å². The molecule has 1 aromatic rings. The molecule has 9 nitrogen and oxygen atoms in total. The summed E-state index contributed by atoms with van der Waals surface area (Å²) >= 11 is 0. The van der Waals surface area contributed by atoms with E-state index in [1.54, 1.807) is 13.8 Å². The Hall–Kier alpha value is -1.52. The summed E-state index contributed by atoms with van der Waals surface area (Å²) in [7, 11) is -3.36. The second-order valence-corrected chi connectivity index (χ2v) is 7.08. The van der Waals surface area contributed by atoms with Crippen LogP contribution in [0.4, 0.5) is 0 Å². The van der Waals surface area contributed by atoms with Gasteiger partial charge < -0.3 is 14.6 Å². The number of hydrogen-bond donors (Lipinski definition) is 1. The number of nitrogens with zero attached hydrogens (tertiary/aromatic N) is 3. The van der Waals surface area contributed by atoms with Crippen LogP contribution in [-0.2, 0) is 26.1 Å². The molecule has 1 amide bonds. The molecule has 21 heavy (non-hydrogen) atoms. The molecule has 1 atom stereocenters. The Labute approximate surface area is 122 Å². The lowest BCUT2D eigenvalue weighted by Crippen LogP contribution is -2.59. The van der Waals surface area contributed by atoms with Crippen molar-refractivity contribution >= 4 is 15.9 Å². The first-order valence-electron chi connectivity index (χ1n) is 6.37. The van der Waals surface area contributed by atoms with Gasteiger partial charge in [0.2, 0.25) is 15.9 Å². The second kappa shape index (κ2) is 5.70. The van der Waals surface area contributed by atoms with Gasteiger partial charge in [0, 0.05) is 6.54 Å². The van der Waals surface area contributed by atoms with Gasteiger partial charge in [0.25, 0.3) is 5.91 Å². The van der Waals surface area contributed by atoms with Crippen molar-refractivity contribution in [2.24, 2.45) is 0 Å². The van der Waals surface area contributed by atoms with Gasteiger partial charge in [-0.1, -0.05) is 5.16 Å². The lowest BCUT2D eigenvalue weighted by atomic mass is 10.0. The van der Waals surface area contributed by atoms with Gasteiger partial charge in [-0.05, 0) is 13.8 Å². The summed E-state index contributed by atoms with van der Waals surface area (Å²) < 4.78 is 34.7. The van der Waals surface area contributed by atoms with Crippen molar-refractivity contribution in [2.75, 3.05) is 26.0 Å². The van der Waals surface area contributed by atoms with E-state index in [0.29, 0.717) is 5.82 Å². The quantitative estimate of drug-likeness (QED) is 0.760. The van der Waals surface area contributed by atoms with Crippen molar-refractivity contribution in [3.63, 3.8) is 0 Å². The molecule has 1 N–H and O–H groups in total. The molecule has 1 aliphatic heterocycles. The number of aryl methyl sites for hydroxylation is 1. The average Bonchev–Trinajstić information content (AvgIpc) is 2.81. The maximum atomic E-state index is 12.2. The van der Waals surface area contributed by atoms with E-state index in [1.165, 1.54) is 4.31 Å². The van der Waals surface area contributed by atoms with Crippen LogP contribution in [-0.4, -0.2) is 60.3 Å². The molecule has 2 rings (SSSR count). The smallest absolute Gasteiger partial charge is 0.253 e. The Morgan fingerprint density at radius 1 is 1.52 bits per heavy atom. The summed E-state index contributed by atoms with van der Waals surface area (Å²) in [4.78, 5) is 16.2. The molecule has 1 fully saturated rings. The van der Waals surface area contributed by atoms with E-state index in [0.717, 1.165) is 6.26 Å². The average molecular weight is 318 g/mol. The van der Waals surface area contributed by atoms with Gasteiger partial charge in [-0.15, -0.1) is 0 Å². The number of amides is 1. The number of morpholine rings is 1. The first-order chi connectivity index (χ1) is 9.71. The zero-order valence-electron chi connectivity index (χ0n) is 12.1. The number of rotatable bonds is 4. The van der Waals surface area contributed by atoms with Gasteiger partial charge in [-0.25, -0.2) is 8.42 Å². The summed E-state index contributed by atoms with van der Waals surface area (Å²) in [6.07, 6.45) is 1.11. The number of nitrogens with one attached hydrogen (secondary N) is 1. The van der Waals surface area contributed by atoms with E-state index >= 15 is 0 Å². The fraction of sp³-hybridized carbons (Fsp3) is 0.727. The number of aromatic nitrogens is 2. The number of ether oxygens (including phenoxy) is 1. The van der Waals surface area contributed by atoms with Gasteiger partial charge in [0.1, 0.15) is 0 Å². The molecule has 0 radical (unpaired) electrons. The molecule has 0 aromatic carbocycles. The van der Waals surface area contributed by atoms with Crippen LogP contribution in [0.3, 0.4) is 0 Å². The van der Waals surface area contributed by atoms with Crippen molar-refractivity contribution < 1.29 is 22.5 Å². The van der Waals surface area contributed by atoms with Crippen molar-refractivity contribution in [2.45, 2.75) is 26.0 Å². The Balaban J connectivity index is 2.00. The highest BCUT2D eigenvalue weighted by molar-refractivity contribution is 7.88. The van der Waals surface area contributed by atoms with Crippen LogP contribution in [0.5, 0.6) is 0 Å². The highest BCUT2D eigenvalue weighted by Gasteiger charge is 2.41. The fourth-order valence-electron chi connectivity index (χ4n) is 2.01. The second-order valence-electron chi connectivity index (χ2n) is 5.09. The minimum Gasteiger partial charge on any atom is -0.363 e. The van der Waals surface area contributed by atoms with Crippen LogP contribution >= 0.6 is 0 Å². The molecule has 0 bridgehead atoms. The maximum Gasteiger partial charge on any atom is 0.253 e. The molecular weight excluding hydrogens is 300 g/mol. The van der Waals surface area contributed by atoms with Crippen molar-refractivity contribution in [3.8, 4) is 0 Å². The van der Waals surface area contributed by atoms with Crippen molar-refractivity contribution in [3.05, 3.63) is 11.7 Å². The zero-order chi connectivity index (χ0) is 15.7. The topological polar surface area (TPSA) is 115 Å². The minimum atomic E-state index is -3.36. The Morgan fingerprint density at radius 2 is 2.24 bits per heavy atom. The third kappa shape index (κ3) is 3.77. The largest absolute Gasteiger partial charge is 0.363 e. The molecular formula is C11H18N4O5S. The fourth-order valence-corrected chi connectivity index (χ4v) is 2.90. The minimum absolute atomic E-state index is 0.0273. The molecule has 0 aliphatic carbocycles. The molecule has 118 valence electrons. The van der Waals surface area contributed by atoms with E-state index in [-0.39, 0.29) is 32.1 Å². The van der Waals surface area contributed by atoms with Gasteiger partial charge in [0.05, 0.1) is 26.0 Å². The van der Waals surface area contributed by atoms with E-state index in [2.05, 4.69) is 15.5 Å². The predicted octanol–water partition coefficient (Wildman–Crippen LogP) is -0.955. The lowest BCUT2D eigenvalue weighted by molar-refractivity contribution is -0.152. The molecule has 1 unspecified atom stereocenters. The van der Waals surface area contributed by atoms with Crippen LogP contribution in [0.25, 0.3) is 0 Å². The number of carbonyl (C=O) groups excluding carboxylic acids is 1. The summed E-state index contributed by atoms with van der Waals surface area (Å²) in [5.41, 5.74) is -1.24. The molecule has 1 saturated heterocycles. The third-order valence-electron chi connectivity index (χ3n) is 3.16. The summed E-state index contributed by atoms with van der Waals surface area (Å²) in [6, 6.07) is 0. The maximum absolute atomic E-state index is 12.2. The predicted molar refractivity (Wildman–Crippen MR) is 71.7 cm³/mol. The Kier molecular flexibility index (Phi) is 4.30. The monoisotopic (exact) mass is 318 g/mol. The Bertz CT molecular complexity index is 628. The number of carbonyl (C=O) groups is 1. The zero-order valence-corrected chi connectivity index (χ0v) is 12.9. The van der Waals surface area contributed by atoms with E-state index < -0.39 is 21.5 Å². The van der Waals surface area contributed by atoms with Crippen LogP contribution in [0.1, 0.15) is 18.6 Å². The molecule has 0 spiro atoms. The van der Waals surface area contributed by atoms with Crippen LogP contribution in [0, 0.1) is 6.92 Å². The molecule has 2 heterocycles. The lowest BCUT2D eigenvalue weighted by Gasteiger charge is -2.37. The number of hydrogen-bond acceptors (Lipinski definition) is 7. The van der Waals surface area contributed by atoms with E-state index in [1.807, 2.05) is 0 Å². The molecule has 1 aromatic heterocycles. The van der Waals surface area contributed by atoms with E-state index in [4.69, 9.17) is 9.26 Å². The first kappa shape index (κ1) is 15.9.